The smallest absolute Gasteiger partial charge is 0.222 e. The fraction of sp³-hybridized carbons (Fsp3) is 0.917. The largest absolute Gasteiger partial charge is 0.340 e. The molecule has 2 nitrogen and oxygen atoms in total. The number of amides is 1. The van der Waals surface area contributed by atoms with Gasteiger partial charge in [-0.2, -0.15) is 0 Å². The maximum Gasteiger partial charge on any atom is 0.222 e. The molecule has 0 N–H and O–H groups in total. The Balaban J connectivity index is 2.24. The van der Waals surface area contributed by atoms with E-state index in [-0.39, 0.29) is 5.91 Å². The highest BCUT2D eigenvalue weighted by Gasteiger charge is 2.18. The Labute approximate surface area is 108 Å². The van der Waals surface area contributed by atoms with Crippen LogP contribution in [-0.2, 0) is 4.79 Å². The lowest BCUT2D eigenvalue weighted by Crippen LogP contribution is -2.34. The Bertz CT molecular complexity index is 199. The molecule has 1 rings (SSSR count). The quantitative estimate of drug-likeness (QED) is 0.648. The van der Waals surface area contributed by atoms with Crippen molar-refractivity contribution < 1.29 is 4.79 Å². The minimum atomic E-state index is 0.216. The van der Waals surface area contributed by atoms with Crippen molar-refractivity contribution in [2.75, 3.05) is 24.8 Å². The molecule has 1 fully saturated rings. The molecule has 0 bridgehead atoms. The Morgan fingerprint density at radius 2 is 1.69 bits per heavy atom. The van der Waals surface area contributed by atoms with E-state index in [4.69, 9.17) is 23.2 Å². The highest BCUT2D eigenvalue weighted by molar-refractivity contribution is 6.18. The average Bonchev–Trinajstić information content (AvgIpc) is 2.78. The van der Waals surface area contributed by atoms with Crippen molar-refractivity contribution in [1.82, 2.24) is 4.90 Å². The van der Waals surface area contributed by atoms with E-state index in [2.05, 4.69) is 0 Å². The van der Waals surface area contributed by atoms with Crippen LogP contribution >= 0.6 is 23.2 Å². The van der Waals surface area contributed by atoms with E-state index in [9.17, 15) is 4.79 Å². The number of alkyl halides is 2. The minimum Gasteiger partial charge on any atom is -0.340 e. The number of halogens is 2. The number of carbonyl (C=O) groups is 1. The summed E-state index contributed by atoms with van der Waals surface area (Å²) in [6, 6.07) is 0. The number of nitrogens with zero attached hydrogens (tertiary/aromatic N) is 1. The fourth-order valence-corrected chi connectivity index (χ4v) is 2.76. The summed E-state index contributed by atoms with van der Waals surface area (Å²) in [7, 11) is 0. The van der Waals surface area contributed by atoms with Crippen LogP contribution in [0.4, 0.5) is 0 Å². The molecule has 0 spiro atoms. The molecule has 0 heterocycles. The van der Waals surface area contributed by atoms with Crippen molar-refractivity contribution in [2.24, 2.45) is 5.92 Å². The maximum absolute atomic E-state index is 11.9. The molecule has 94 valence electrons. The molecule has 0 aromatic carbocycles. The van der Waals surface area contributed by atoms with Crippen molar-refractivity contribution >= 4 is 29.1 Å². The lowest BCUT2D eigenvalue weighted by molar-refractivity contribution is -0.131. The predicted octanol–water partition coefficient (Wildman–Crippen LogP) is 3.26. The molecule has 0 aromatic rings. The Morgan fingerprint density at radius 1 is 1.12 bits per heavy atom. The van der Waals surface area contributed by atoms with Crippen molar-refractivity contribution in [3.63, 3.8) is 0 Å². The van der Waals surface area contributed by atoms with Gasteiger partial charge in [0.1, 0.15) is 0 Å². The molecule has 1 aliphatic carbocycles. The number of hydrogen-bond acceptors (Lipinski definition) is 1. The van der Waals surface area contributed by atoms with Gasteiger partial charge in [-0.3, -0.25) is 4.79 Å². The zero-order chi connectivity index (χ0) is 11.8. The summed E-state index contributed by atoms with van der Waals surface area (Å²) in [5, 5.41) is 0. The Kier molecular flexibility index (Phi) is 7.22. The van der Waals surface area contributed by atoms with Crippen LogP contribution < -0.4 is 0 Å². The van der Waals surface area contributed by atoms with Gasteiger partial charge in [0.2, 0.25) is 5.91 Å². The molecule has 0 aromatic heterocycles. The van der Waals surface area contributed by atoms with E-state index < -0.39 is 0 Å². The van der Waals surface area contributed by atoms with Crippen LogP contribution in [0.15, 0.2) is 0 Å². The fourth-order valence-electron chi connectivity index (χ4n) is 2.35. The summed E-state index contributed by atoms with van der Waals surface area (Å²) in [6.45, 7) is 1.25. The van der Waals surface area contributed by atoms with Crippen LogP contribution in [0.2, 0.25) is 0 Å². The molecule has 1 amide bonds. The van der Waals surface area contributed by atoms with Crippen LogP contribution in [0, 0.1) is 5.92 Å². The third kappa shape index (κ3) is 4.92. The third-order valence-electron chi connectivity index (χ3n) is 3.30. The summed E-state index contributed by atoms with van der Waals surface area (Å²) in [5.74, 6) is 1.98. The monoisotopic (exact) mass is 265 g/mol. The van der Waals surface area contributed by atoms with Crippen LogP contribution in [0.5, 0.6) is 0 Å². The molecular weight excluding hydrogens is 245 g/mol. The Hall–Kier alpha value is 0.0500. The molecule has 0 unspecified atom stereocenters. The number of hydrogen-bond donors (Lipinski definition) is 0. The van der Waals surface area contributed by atoms with E-state index in [1.165, 1.54) is 25.7 Å². The zero-order valence-corrected chi connectivity index (χ0v) is 11.3. The summed E-state index contributed by atoms with van der Waals surface area (Å²) in [4.78, 5) is 13.7. The van der Waals surface area contributed by atoms with Crippen LogP contribution in [0.25, 0.3) is 0 Å². The summed E-state index contributed by atoms with van der Waals surface area (Å²) < 4.78 is 0. The van der Waals surface area contributed by atoms with Crippen molar-refractivity contribution in [1.29, 1.82) is 0 Å². The van der Waals surface area contributed by atoms with Crippen LogP contribution in [-0.4, -0.2) is 35.7 Å². The first-order valence-corrected chi connectivity index (χ1v) is 7.24. The van der Waals surface area contributed by atoms with E-state index >= 15 is 0 Å². The van der Waals surface area contributed by atoms with Crippen LogP contribution in [0.3, 0.4) is 0 Å². The molecular formula is C12H21Cl2NO. The van der Waals surface area contributed by atoms with E-state index in [0.29, 0.717) is 31.3 Å². The molecule has 1 aliphatic rings. The minimum absolute atomic E-state index is 0.216. The van der Waals surface area contributed by atoms with Gasteiger partial charge in [0.05, 0.1) is 0 Å². The van der Waals surface area contributed by atoms with Gasteiger partial charge in [-0.05, 0) is 12.3 Å². The topological polar surface area (TPSA) is 20.3 Å². The second-order valence-corrected chi connectivity index (χ2v) is 5.20. The lowest BCUT2D eigenvalue weighted by atomic mass is 10.0. The van der Waals surface area contributed by atoms with Gasteiger partial charge in [-0.1, -0.05) is 25.7 Å². The highest BCUT2D eigenvalue weighted by Crippen LogP contribution is 2.28. The molecule has 0 radical (unpaired) electrons. The maximum atomic E-state index is 11.9. The number of rotatable bonds is 7. The molecule has 4 heteroatoms. The molecule has 16 heavy (non-hydrogen) atoms. The summed E-state index contributed by atoms with van der Waals surface area (Å²) in [6.07, 6.45) is 6.99. The lowest BCUT2D eigenvalue weighted by Gasteiger charge is -2.21. The summed E-state index contributed by atoms with van der Waals surface area (Å²) >= 11 is 11.3. The summed E-state index contributed by atoms with van der Waals surface area (Å²) in [5.41, 5.74) is 0. The predicted molar refractivity (Wildman–Crippen MR) is 69.2 cm³/mol. The van der Waals surface area contributed by atoms with Gasteiger partial charge in [-0.25, -0.2) is 0 Å². The van der Waals surface area contributed by atoms with Gasteiger partial charge in [0, 0.05) is 31.3 Å². The van der Waals surface area contributed by atoms with E-state index in [0.717, 1.165) is 12.3 Å². The first kappa shape index (κ1) is 14.1. The first-order valence-electron chi connectivity index (χ1n) is 6.17. The number of carbonyl (C=O) groups excluding carboxylic acids is 1. The van der Waals surface area contributed by atoms with Gasteiger partial charge < -0.3 is 4.90 Å². The second-order valence-electron chi connectivity index (χ2n) is 4.45. The standard InChI is InChI=1S/C12H21Cl2NO/c13-7-9-15(10-8-14)12(16)6-5-11-3-1-2-4-11/h11H,1-10H2. The van der Waals surface area contributed by atoms with Gasteiger partial charge in [0.25, 0.3) is 0 Å². The van der Waals surface area contributed by atoms with Gasteiger partial charge in [-0.15, -0.1) is 23.2 Å². The second kappa shape index (κ2) is 8.19. The SMILES string of the molecule is O=C(CCC1CCCC1)N(CCCl)CCCl. The van der Waals surface area contributed by atoms with E-state index in [1.807, 2.05) is 0 Å². The normalized spacial score (nSPS) is 16.6. The van der Waals surface area contributed by atoms with Crippen molar-refractivity contribution in [3.05, 3.63) is 0 Å². The van der Waals surface area contributed by atoms with Gasteiger partial charge >= 0.3 is 0 Å². The molecule has 1 saturated carbocycles. The Morgan fingerprint density at radius 3 is 2.19 bits per heavy atom. The van der Waals surface area contributed by atoms with Crippen LogP contribution in [0.1, 0.15) is 38.5 Å². The zero-order valence-electron chi connectivity index (χ0n) is 9.76. The van der Waals surface area contributed by atoms with Gasteiger partial charge in [0.15, 0.2) is 0 Å². The molecule has 0 atom stereocenters. The molecule has 0 saturated heterocycles. The third-order valence-corrected chi connectivity index (χ3v) is 3.64. The molecule has 0 aliphatic heterocycles. The van der Waals surface area contributed by atoms with Crippen molar-refractivity contribution in [3.8, 4) is 0 Å². The van der Waals surface area contributed by atoms with Crippen molar-refractivity contribution in [2.45, 2.75) is 38.5 Å². The average molecular weight is 266 g/mol. The highest BCUT2D eigenvalue weighted by atomic mass is 35.5. The first-order chi connectivity index (χ1) is 7.77. The van der Waals surface area contributed by atoms with E-state index in [1.54, 1.807) is 4.90 Å².